The van der Waals surface area contributed by atoms with Crippen LogP contribution in [0.4, 0.5) is 0 Å². The van der Waals surface area contributed by atoms with Crippen LogP contribution < -0.4 is 0 Å². The molecule has 0 aromatic heterocycles. The first-order valence-corrected chi connectivity index (χ1v) is 5.98. The fraction of sp³-hybridized carbons (Fsp3) is 0.231. The maximum absolute atomic E-state index is 3.62. The number of hydrogen-bond acceptors (Lipinski definition) is 1. The Labute approximate surface area is 99.2 Å². The quantitative estimate of drug-likeness (QED) is 0.582. The minimum Gasteiger partial charge on any atom is -0.357 e. The highest BCUT2D eigenvalue weighted by Gasteiger charge is 2.11. The van der Waals surface area contributed by atoms with E-state index in [1.807, 2.05) is 0 Å². The van der Waals surface area contributed by atoms with Crippen molar-refractivity contribution in [3.63, 3.8) is 0 Å². The summed E-state index contributed by atoms with van der Waals surface area (Å²) >= 11 is 3.62. The molecule has 2 rings (SSSR count). The molecule has 1 aromatic rings. The van der Waals surface area contributed by atoms with E-state index in [0.717, 1.165) is 6.54 Å². The second-order valence-corrected chi connectivity index (χ2v) is 4.64. The van der Waals surface area contributed by atoms with Gasteiger partial charge in [-0.25, -0.2) is 0 Å². The van der Waals surface area contributed by atoms with E-state index in [1.165, 1.54) is 11.1 Å². The van der Waals surface area contributed by atoms with Crippen molar-refractivity contribution in [1.82, 2.24) is 4.90 Å². The van der Waals surface area contributed by atoms with E-state index in [1.54, 1.807) is 0 Å². The summed E-state index contributed by atoms with van der Waals surface area (Å²) in [4.78, 5) is 2.57. The monoisotopic (exact) mass is 263 g/mol. The lowest BCUT2D eigenvalue weighted by Crippen LogP contribution is -2.25. The van der Waals surface area contributed by atoms with E-state index in [0.29, 0.717) is 4.95 Å². The minimum atomic E-state index is 0.308. The van der Waals surface area contributed by atoms with Gasteiger partial charge in [0.1, 0.15) is 4.95 Å². The molecule has 1 nitrogen and oxygen atoms in total. The number of rotatable bonds is 2. The zero-order chi connectivity index (χ0) is 10.7. The average Bonchev–Trinajstić information content (AvgIpc) is 2.24. The molecule has 1 aromatic carbocycles. The summed E-state index contributed by atoms with van der Waals surface area (Å²) in [5.74, 6) is 0. The SMILES string of the molecule is Cc1ccccc1CN1C=CC=CC1Br. The predicted molar refractivity (Wildman–Crippen MR) is 67.7 cm³/mol. The summed E-state index contributed by atoms with van der Waals surface area (Å²) in [6.45, 7) is 3.10. The second-order valence-electron chi connectivity index (χ2n) is 3.70. The van der Waals surface area contributed by atoms with Crippen molar-refractivity contribution in [2.45, 2.75) is 18.4 Å². The van der Waals surface area contributed by atoms with Crippen molar-refractivity contribution in [3.8, 4) is 0 Å². The molecule has 1 aliphatic heterocycles. The first-order valence-electron chi connectivity index (χ1n) is 5.07. The third-order valence-corrected chi connectivity index (χ3v) is 3.42. The Morgan fingerprint density at radius 2 is 2.07 bits per heavy atom. The number of allylic oxidation sites excluding steroid dienone is 2. The van der Waals surface area contributed by atoms with E-state index < -0.39 is 0 Å². The van der Waals surface area contributed by atoms with Crippen molar-refractivity contribution in [3.05, 3.63) is 59.8 Å². The summed E-state index contributed by atoms with van der Waals surface area (Å²) in [7, 11) is 0. The van der Waals surface area contributed by atoms with Gasteiger partial charge in [-0.05, 0) is 24.1 Å². The van der Waals surface area contributed by atoms with Crippen LogP contribution in [0.15, 0.2) is 48.7 Å². The number of hydrogen-bond donors (Lipinski definition) is 0. The van der Waals surface area contributed by atoms with Crippen molar-refractivity contribution in [2.24, 2.45) is 0 Å². The molecule has 0 amide bonds. The van der Waals surface area contributed by atoms with Gasteiger partial charge in [0.2, 0.25) is 0 Å². The Kier molecular flexibility index (Phi) is 3.27. The van der Waals surface area contributed by atoms with Crippen LogP contribution in [0.1, 0.15) is 11.1 Å². The number of aryl methyl sites for hydroxylation is 1. The van der Waals surface area contributed by atoms with Gasteiger partial charge in [-0.2, -0.15) is 0 Å². The van der Waals surface area contributed by atoms with Crippen LogP contribution in [0.25, 0.3) is 0 Å². The molecule has 78 valence electrons. The van der Waals surface area contributed by atoms with Gasteiger partial charge in [0, 0.05) is 12.7 Å². The molecule has 1 atom stereocenters. The third kappa shape index (κ3) is 2.51. The summed E-state index contributed by atoms with van der Waals surface area (Å²) in [6, 6.07) is 8.51. The third-order valence-electron chi connectivity index (χ3n) is 2.59. The number of alkyl halides is 1. The van der Waals surface area contributed by atoms with E-state index >= 15 is 0 Å². The largest absolute Gasteiger partial charge is 0.357 e. The maximum atomic E-state index is 3.62. The van der Waals surface area contributed by atoms with E-state index in [-0.39, 0.29) is 0 Å². The molecule has 0 saturated carbocycles. The van der Waals surface area contributed by atoms with Crippen LogP contribution in [0.2, 0.25) is 0 Å². The fourth-order valence-electron chi connectivity index (χ4n) is 1.63. The average molecular weight is 264 g/mol. The zero-order valence-corrected chi connectivity index (χ0v) is 10.3. The number of nitrogens with zero attached hydrogens (tertiary/aromatic N) is 1. The highest BCUT2D eigenvalue weighted by molar-refractivity contribution is 9.09. The smallest absolute Gasteiger partial charge is 0.103 e. The molecule has 0 radical (unpaired) electrons. The highest BCUT2D eigenvalue weighted by Crippen LogP contribution is 2.19. The standard InChI is InChI=1S/C13H14BrN/c1-11-6-2-3-7-12(11)10-15-9-5-4-8-13(15)14/h2-9,13H,10H2,1H3. The van der Waals surface area contributed by atoms with E-state index in [4.69, 9.17) is 0 Å². The Morgan fingerprint density at radius 3 is 2.80 bits per heavy atom. The zero-order valence-electron chi connectivity index (χ0n) is 8.73. The molecule has 1 heterocycles. The molecule has 0 N–H and O–H groups in total. The van der Waals surface area contributed by atoms with Gasteiger partial charge in [0.15, 0.2) is 0 Å². The molecule has 2 heteroatoms. The molecule has 0 bridgehead atoms. The fourth-order valence-corrected chi connectivity index (χ4v) is 2.09. The molecule has 0 aliphatic carbocycles. The van der Waals surface area contributed by atoms with Gasteiger partial charge in [-0.15, -0.1) is 0 Å². The van der Waals surface area contributed by atoms with Crippen molar-refractivity contribution < 1.29 is 0 Å². The maximum Gasteiger partial charge on any atom is 0.103 e. The van der Waals surface area contributed by atoms with Gasteiger partial charge < -0.3 is 4.90 Å². The van der Waals surface area contributed by atoms with Crippen molar-refractivity contribution >= 4 is 15.9 Å². The van der Waals surface area contributed by atoms with Crippen LogP contribution in [0, 0.1) is 6.92 Å². The topological polar surface area (TPSA) is 3.24 Å². The van der Waals surface area contributed by atoms with Crippen LogP contribution in [0.3, 0.4) is 0 Å². The normalized spacial score (nSPS) is 19.6. The molecule has 0 spiro atoms. The van der Waals surface area contributed by atoms with Gasteiger partial charge in [0.25, 0.3) is 0 Å². The Hall–Kier alpha value is -1.02. The molecule has 0 saturated heterocycles. The first kappa shape index (κ1) is 10.5. The van der Waals surface area contributed by atoms with Crippen LogP contribution >= 0.6 is 15.9 Å². The minimum absolute atomic E-state index is 0.308. The molecular formula is C13H14BrN. The lowest BCUT2D eigenvalue weighted by atomic mass is 10.1. The van der Waals surface area contributed by atoms with Gasteiger partial charge in [-0.3, -0.25) is 0 Å². The predicted octanol–water partition coefficient (Wildman–Crippen LogP) is 3.60. The first-order chi connectivity index (χ1) is 7.27. The van der Waals surface area contributed by atoms with Crippen LogP contribution in [-0.4, -0.2) is 9.85 Å². The lowest BCUT2D eigenvalue weighted by molar-refractivity contribution is 0.384. The van der Waals surface area contributed by atoms with Gasteiger partial charge in [0.05, 0.1) is 0 Å². The van der Waals surface area contributed by atoms with Gasteiger partial charge in [-0.1, -0.05) is 52.3 Å². The van der Waals surface area contributed by atoms with Crippen molar-refractivity contribution in [1.29, 1.82) is 0 Å². The summed E-state index contributed by atoms with van der Waals surface area (Å²) in [5, 5.41) is 0. The summed E-state index contributed by atoms with van der Waals surface area (Å²) in [6.07, 6.45) is 8.38. The van der Waals surface area contributed by atoms with Gasteiger partial charge >= 0.3 is 0 Å². The molecule has 15 heavy (non-hydrogen) atoms. The van der Waals surface area contributed by atoms with E-state index in [2.05, 4.69) is 76.4 Å². The Morgan fingerprint density at radius 1 is 1.27 bits per heavy atom. The van der Waals surface area contributed by atoms with Crippen molar-refractivity contribution in [2.75, 3.05) is 0 Å². The highest BCUT2D eigenvalue weighted by atomic mass is 79.9. The number of benzene rings is 1. The Balaban J connectivity index is 2.12. The molecule has 0 fully saturated rings. The molecular weight excluding hydrogens is 250 g/mol. The molecule has 1 unspecified atom stereocenters. The lowest BCUT2D eigenvalue weighted by Gasteiger charge is -2.26. The summed E-state index contributed by atoms with van der Waals surface area (Å²) < 4.78 is 0. The van der Waals surface area contributed by atoms with Crippen LogP contribution in [-0.2, 0) is 6.54 Å². The molecule has 1 aliphatic rings. The second kappa shape index (κ2) is 4.67. The van der Waals surface area contributed by atoms with Crippen LogP contribution in [0.5, 0.6) is 0 Å². The van der Waals surface area contributed by atoms with E-state index in [9.17, 15) is 0 Å². The number of halogens is 1. The Bertz CT molecular complexity index is 395. The summed E-state index contributed by atoms with van der Waals surface area (Å²) in [5.41, 5.74) is 2.72.